The number of rotatable bonds is 6. The van der Waals surface area contributed by atoms with Crippen LogP contribution < -0.4 is 14.8 Å². The normalized spacial score (nSPS) is 11.8. The fourth-order valence-electron chi connectivity index (χ4n) is 1.48. The van der Waals surface area contributed by atoms with Crippen molar-refractivity contribution >= 4 is 5.91 Å². The smallest absolute Gasteiger partial charge is 0.260 e. The number of carbonyl (C=O) groups excluding carboxylic acids is 1. The average Bonchev–Trinajstić information content (AvgIpc) is 2.39. The first kappa shape index (κ1) is 14.3. The summed E-state index contributed by atoms with van der Waals surface area (Å²) in [6.07, 6.45) is -0.608. The Balaban J connectivity index is 2.80. The van der Waals surface area contributed by atoms with Crippen LogP contribution in [0, 0.1) is 0 Å². The van der Waals surface area contributed by atoms with Crippen LogP contribution in [0.25, 0.3) is 0 Å². The summed E-state index contributed by atoms with van der Waals surface area (Å²) in [5.74, 6) is 0.936. The van der Waals surface area contributed by atoms with Crippen LogP contribution in [0.15, 0.2) is 18.2 Å². The number of hydrogen-bond acceptors (Lipinski definition) is 4. The first-order chi connectivity index (χ1) is 8.62. The Labute approximate surface area is 107 Å². The molecule has 1 atom stereocenters. The fourth-order valence-corrected chi connectivity index (χ4v) is 1.48. The monoisotopic (exact) mass is 253 g/mol. The summed E-state index contributed by atoms with van der Waals surface area (Å²) in [6.45, 7) is 3.89. The zero-order valence-corrected chi connectivity index (χ0v) is 10.9. The topological polar surface area (TPSA) is 67.8 Å². The van der Waals surface area contributed by atoms with Crippen molar-refractivity contribution in [1.29, 1.82) is 0 Å². The Morgan fingerprint density at radius 1 is 1.50 bits per heavy atom. The number of ether oxygens (including phenoxy) is 2. The minimum atomic E-state index is -0.608. The molecule has 0 heterocycles. The molecular weight excluding hydrogens is 234 g/mol. The number of amides is 1. The number of aliphatic hydroxyl groups is 1. The third kappa shape index (κ3) is 3.63. The summed E-state index contributed by atoms with van der Waals surface area (Å²) in [5, 5.41) is 11.9. The number of benzene rings is 1. The van der Waals surface area contributed by atoms with Gasteiger partial charge >= 0.3 is 0 Å². The number of methoxy groups -OCH3 is 1. The SMILES string of the molecule is CCNC(=O)C(C)Oc1ccc(OC)cc1CO. The van der Waals surface area contributed by atoms with Gasteiger partial charge in [-0.05, 0) is 32.0 Å². The van der Waals surface area contributed by atoms with Gasteiger partial charge in [0.2, 0.25) is 0 Å². The van der Waals surface area contributed by atoms with Crippen LogP contribution in [-0.2, 0) is 11.4 Å². The van der Waals surface area contributed by atoms with E-state index in [0.29, 0.717) is 23.6 Å². The molecule has 0 saturated heterocycles. The largest absolute Gasteiger partial charge is 0.497 e. The Hall–Kier alpha value is -1.75. The van der Waals surface area contributed by atoms with Gasteiger partial charge in [-0.25, -0.2) is 0 Å². The maximum Gasteiger partial charge on any atom is 0.260 e. The van der Waals surface area contributed by atoms with Crippen molar-refractivity contribution in [1.82, 2.24) is 5.32 Å². The summed E-state index contributed by atoms with van der Waals surface area (Å²) < 4.78 is 10.6. The van der Waals surface area contributed by atoms with E-state index in [9.17, 15) is 9.90 Å². The Morgan fingerprint density at radius 3 is 2.78 bits per heavy atom. The number of hydrogen-bond donors (Lipinski definition) is 2. The lowest BCUT2D eigenvalue weighted by atomic mass is 10.2. The molecule has 1 aromatic rings. The molecule has 0 saturated carbocycles. The van der Waals surface area contributed by atoms with Gasteiger partial charge in [0.15, 0.2) is 6.10 Å². The molecule has 0 aromatic heterocycles. The number of likely N-dealkylation sites (N-methyl/N-ethyl adjacent to an activating group) is 1. The maximum atomic E-state index is 11.5. The van der Waals surface area contributed by atoms with E-state index in [2.05, 4.69) is 5.32 Å². The second-order valence-electron chi connectivity index (χ2n) is 3.79. The van der Waals surface area contributed by atoms with Crippen molar-refractivity contribution in [3.8, 4) is 11.5 Å². The summed E-state index contributed by atoms with van der Waals surface area (Å²) in [6, 6.07) is 5.08. The van der Waals surface area contributed by atoms with E-state index < -0.39 is 6.10 Å². The molecule has 0 spiro atoms. The molecule has 1 aromatic carbocycles. The standard InChI is InChI=1S/C13H19NO4/c1-4-14-13(16)9(2)18-12-6-5-11(17-3)7-10(12)8-15/h5-7,9,15H,4,8H2,1-3H3,(H,14,16). The molecule has 1 unspecified atom stereocenters. The second-order valence-corrected chi connectivity index (χ2v) is 3.79. The molecule has 1 amide bonds. The van der Waals surface area contributed by atoms with Gasteiger partial charge in [0.25, 0.3) is 5.91 Å². The highest BCUT2D eigenvalue weighted by molar-refractivity contribution is 5.80. The van der Waals surface area contributed by atoms with Crippen LogP contribution in [0.3, 0.4) is 0 Å². The van der Waals surface area contributed by atoms with E-state index in [0.717, 1.165) is 0 Å². The third-order valence-corrected chi connectivity index (χ3v) is 2.46. The molecule has 18 heavy (non-hydrogen) atoms. The van der Waals surface area contributed by atoms with Crippen molar-refractivity contribution < 1.29 is 19.4 Å². The molecule has 0 aliphatic carbocycles. The summed E-state index contributed by atoms with van der Waals surface area (Å²) >= 11 is 0. The lowest BCUT2D eigenvalue weighted by Crippen LogP contribution is -2.36. The van der Waals surface area contributed by atoms with Crippen molar-refractivity contribution in [2.75, 3.05) is 13.7 Å². The van der Waals surface area contributed by atoms with Crippen LogP contribution in [-0.4, -0.2) is 30.8 Å². The zero-order chi connectivity index (χ0) is 13.5. The lowest BCUT2D eigenvalue weighted by molar-refractivity contribution is -0.127. The van der Waals surface area contributed by atoms with Gasteiger partial charge in [-0.15, -0.1) is 0 Å². The lowest BCUT2D eigenvalue weighted by Gasteiger charge is -2.16. The second kappa shape index (κ2) is 6.86. The highest BCUT2D eigenvalue weighted by Gasteiger charge is 2.15. The van der Waals surface area contributed by atoms with Crippen LogP contribution >= 0.6 is 0 Å². The number of carbonyl (C=O) groups is 1. The Morgan fingerprint density at radius 2 is 2.22 bits per heavy atom. The molecule has 0 radical (unpaired) electrons. The first-order valence-electron chi connectivity index (χ1n) is 5.84. The predicted molar refractivity (Wildman–Crippen MR) is 67.7 cm³/mol. The number of nitrogens with one attached hydrogen (secondary N) is 1. The van der Waals surface area contributed by atoms with E-state index in [4.69, 9.17) is 9.47 Å². The first-order valence-corrected chi connectivity index (χ1v) is 5.84. The van der Waals surface area contributed by atoms with Gasteiger partial charge in [-0.1, -0.05) is 0 Å². The van der Waals surface area contributed by atoms with E-state index in [1.54, 1.807) is 32.2 Å². The molecule has 1 rings (SSSR count). The molecule has 2 N–H and O–H groups in total. The minimum Gasteiger partial charge on any atom is -0.497 e. The Kier molecular flexibility index (Phi) is 5.45. The predicted octanol–water partition coefficient (Wildman–Crippen LogP) is 1.09. The van der Waals surface area contributed by atoms with Crippen LogP contribution in [0.1, 0.15) is 19.4 Å². The van der Waals surface area contributed by atoms with Crippen LogP contribution in [0.2, 0.25) is 0 Å². The van der Waals surface area contributed by atoms with E-state index in [-0.39, 0.29) is 12.5 Å². The summed E-state index contributed by atoms with van der Waals surface area (Å²) in [7, 11) is 1.55. The molecule has 5 heteroatoms. The quantitative estimate of drug-likeness (QED) is 0.796. The third-order valence-electron chi connectivity index (χ3n) is 2.46. The molecule has 0 aliphatic heterocycles. The summed E-state index contributed by atoms with van der Waals surface area (Å²) in [4.78, 5) is 11.5. The van der Waals surface area contributed by atoms with Crippen molar-refractivity contribution in [3.05, 3.63) is 23.8 Å². The molecule has 5 nitrogen and oxygen atoms in total. The van der Waals surface area contributed by atoms with Gasteiger partial charge in [0.1, 0.15) is 11.5 Å². The van der Waals surface area contributed by atoms with Crippen molar-refractivity contribution in [2.24, 2.45) is 0 Å². The van der Waals surface area contributed by atoms with E-state index in [1.807, 2.05) is 6.92 Å². The molecule has 0 fully saturated rings. The number of aliphatic hydroxyl groups excluding tert-OH is 1. The van der Waals surface area contributed by atoms with Gasteiger partial charge in [0, 0.05) is 12.1 Å². The molecule has 0 aliphatic rings. The summed E-state index contributed by atoms with van der Waals surface area (Å²) in [5.41, 5.74) is 0.588. The van der Waals surface area contributed by atoms with E-state index >= 15 is 0 Å². The van der Waals surface area contributed by atoms with Gasteiger partial charge in [-0.2, -0.15) is 0 Å². The van der Waals surface area contributed by atoms with Crippen molar-refractivity contribution in [3.63, 3.8) is 0 Å². The fraction of sp³-hybridized carbons (Fsp3) is 0.462. The van der Waals surface area contributed by atoms with Crippen LogP contribution in [0.4, 0.5) is 0 Å². The van der Waals surface area contributed by atoms with Gasteiger partial charge < -0.3 is 19.9 Å². The maximum absolute atomic E-state index is 11.5. The highest BCUT2D eigenvalue weighted by atomic mass is 16.5. The highest BCUT2D eigenvalue weighted by Crippen LogP contribution is 2.25. The minimum absolute atomic E-state index is 0.172. The van der Waals surface area contributed by atoms with Crippen LogP contribution in [0.5, 0.6) is 11.5 Å². The van der Waals surface area contributed by atoms with Gasteiger partial charge in [-0.3, -0.25) is 4.79 Å². The van der Waals surface area contributed by atoms with Crippen molar-refractivity contribution in [2.45, 2.75) is 26.6 Å². The zero-order valence-electron chi connectivity index (χ0n) is 10.9. The van der Waals surface area contributed by atoms with E-state index in [1.165, 1.54) is 0 Å². The average molecular weight is 253 g/mol. The Bertz CT molecular complexity index is 406. The molecule has 100 valence electrons. The molecular formula is C13H19NO4. The molecule has 0 bridgehead atoms. The van der Waals surface area contributed by atoms with Gasteiger partial charge in [0.05, 0.1) is 13.7 Å².